The molecule has 15 heavy (non-hydrogen) atoms. The van der Waals surface area contributed by atoms with Crippen LogP contribution in [0.3, 0.4) is 0 Å². The van der Waals surface area contributed by atoms with Gasteiger partial charge in [-0.2, -0.15) is 8.78 Å². The summed E-state index contributed by atoms with van der Waals surface area (Å²) in [6.07, 6.45) is -10.1. The van der Waals surface area contributed by atoms with E-state index in [0.717, 1.165) is 12.4 Å². The van der Waals surface area contributed by atoms with Crippen molar-refractivity contribution in [2.24, 2.45) is 0 Å². The third-order valence-corrected chi connectivity index (χ3v) is 1.31. The van der Waals surface area contributed by atoms with Crippen LogP contribution in [0.15, 0.2) is 18.5 Å². The maximum Gasteiger partial charge on any atom is 0.437 e. The number of hydrogen-bond donors (Lipinski definition) is 0. The zero-order valence-electron chi connectivity index (χ0n) is 7.08. The SMILES string of the molecule is FC(F)C(F)C(F)(F)Oc1ncccn1. The summed E-state index contributed by atoms with van der Waals surface area (Å²) in [4.78, 5) is 6.36. The lowest BCUT2D eigenvalue weighted by Crippen LogP contribution is -2.41. The van der Waals surface area contributed by atoms with Crippen molar-refractivity contribution in [3.63, 3.8) is 0 Å². The van der Waals surface area contributed by atoms with Gasteiger partial charge >= 0.3 is 12.1 Å². The van der Waals surface area contributed by atoms with Crippen molar-refractivity contribution >= 4 is 0 Å². The standard InChI is InChI=1S/C7H5F5N2O/c8-4(5(9)10)7(11,12)15-6-13-2-1-3-14-6/h1-5H. The van der Waals surface area contributed by atoms with E-state index < -0.39 is 24.7 Å². The predicted molar refractivity (Wildman–Crippen MR) is 38.5 cm³/mol. The van der Waals surface area contributed by atoms with E-state index in [0.29, 0.717) is 0 Å². The molecule has 0 bridgehead atoms. The van der Waals surface area contributed by atoms with Gasteiger partial charge in [-0.3, -0.25) is 0 Å². The van der Waals surface area contributed by atoms with Crippen LogP contribution in [0.25, 0.3) is 0 Å². The molecule has 1 unspecified atom stereocenters. The van der Waals surface area contributed by atoms with Gasteiger partial charge in [0.15, 0.2) is 0 Å². The van der Waals surface area contributed by atoms with Crippen LogP contribution in [0.1, 0.15) is 0 Å². The molecule has 0 N–H and O–H groups in total. The molecule has 0 aliphatic heterocycles. The van der Waals surface area contributed by atoms with Crippen LogP contribution in [0.5, 0.6) is 6.01 Å². The minimum atomic E-state index is -4.66. The van der Waals surface area contributed by atoms with Crippen LogP contribution in [0.4, 0.5) is 22.0 Å². The summed E-state index contributed by atoms with van der Waals surface area (Å²) in [5.74, 6) is 0. The summed E-state index contributed by atoms with van der Waals surface area (Å²) in [5.41, 5.74) is 0. The van der Waals surface area contributed by atoms with Crippen molar-refractivity contribution in [2.75, 3.05) is 0 Å². The quantitative estimate of drug-likeness (QED) is 0.740. The number of aromatic nitrogens is 2. The Morgan fingerprint density at radius 3 is 2.13 bits per heavy atom. The molecule has 0 aliphatic carbocycles. The molecule has 84 valence electrons. The van der Waals surface area contributed by atoms with E-state index in [-0.39, 0.29) is 0 Å². The molecule has 1 aromatic heterocycles. The molecular formula is C7H5F5N2O. The Morgan fingerprint density at radius 2 is 1.67 bits per heavy atom. The van der Waals surface area contributed by atoms with E-state index in [1.165, 1.54) is 6.07 Å². The first-order chi connectivity index (χ1) is 6.93. The average molecular weight is 228 g/mol. The Bertz CT molecular complexity index is 308. The van der Waals surface area contributed by atoms with Crippen molar-refractivity contribution in [1.82, 2.24) is 9.97 Å². The van der Waals surface area contributed by atoms with Gasteiger partial charge in [-0.15, -0.1) is 0 Å². The van der Waals surface area contributed by atoms with E-state index in [1.807, 2.05) is 0 Å². The smallest absolute Gasteiger partial charge is 0.396 e. The molecule has 0 saturated heterocycles. The summed E-state index contributed by atoms with van der Waals surface area (Å²) in [6.45, 7) is 0. The molecule has 3 nitrogen and oxygen atoms in total. The van der Waals surface area contributed by atoms with Gasteiger partial charge in [-0.25, -0.2) is 23.1 Å². The van der Waals surface area contributed by atoms with Crippen LogP contribution in [0.2, 0.25) is 0 Å². The van der Waals surface area contributed by atoms with E-state index in [2.05, 4.69) is 14.7 Å². The maximum atomic E-state index is 12.6. The Labute approximate surface area is 80.9 Å². The zero-order chi connectivity index (χ0) is 11.5. The van der Waals surface area contributed by atoms with Crippen molar-refractivity contribution in [3.8, 4) is 6.01 Å². The molecule has 1 atom stereocenters. The molecule has 0 amide bonds. The number of hydrogen-bond acceptors (Lipinski definition) is 3. The fourth-order valence-corrected chi connectivity index (χ4v) is 0.663. The molecule has 1 heterocycles. The number of halogens is 5. The van der Waals surface area contributed by atoms with Gasteiger partial charge in [0, 0.05) is 12.4 Å². The molecule has 0 aliphatic rings. The molecule has 0 spiro atoms. The second-order valence-electron chi connectivity index (χ2n) is 2.43. The summed E-state index contributed by atoms with van der Waals surface area (Å²) in [5, 5.41) is 0. The number of alkyl halides is 5. The molecule has 0 aromatic carbocycles. The lowest BCUT2D eigenvalue weighted by atomic mass is 10.4. The minimum Gasteiger partial charge on any atom is -0.396 e. The first kappa shape index (κ1) is 11.6. The molecule has 8 heteroatoms. The summed E-state index contributed by atoms with van der Waals surface area (Å²) >= 11 is 0. The Hall–Kier alpha value is -1.47. The zero-order valence-corrected chi connectivity index (χ0v) is 7.08. The van der Waals surface area contributed by atoms with Gasteiger partial charge in [0.2, 0.25) is 0 Å². The molecule has 0 radical (unpaired) electrons. The third-order valence-electron chi connectivity index (χ3n) is 1.31. The Kier molecular flexibility index (Phi) is 3.38. The number of rotatable bonds is 4. The first-order valence-electron chi connectivity index (χ1n) is 3.69. The van der Waals surface area contributed by atoms with Crippen LogP contribution >= 0.6 is 0 Å². The normalized spacial score (nSPS) is 14.0. The molecule has 1 aromatic rings. The van der Waals surface area contributed by atoms with Gasteiger partial charge in [-0.1, -0.05) is 0 Å². The second kappa shape index (κ2) is 4.37. The van der Waals surface area contributed by atoms with E-state index >= 15 is 0 Å². The number of ether oxygens (including phenoxy) is 1. The predicted octanol–water partition coefficient (Wildman–Crippen LogP) is 2.05. The van der Waals surface area contributed by atoms with Crippen molar-refractivity contribution in [3.05, 3.63) is 18.5 Å². The van der Waals surface area contributed by atoms with Crippen LogP contribution in [-0.4, -0.2) is 28.7 Å². The minimum absolute atomic E-state index is 0.870. The summed E-state index contributed by atoms with van der Waals surface area (Å²) in [7, 11) is 0. The Balaban J connectivity index is 2.72. The highest BCUT2D eigenvalue weighted by Gasteiger charge is 2.49. The van der Waals surface area contributed by atoms with E-state index in [4.69, 9.17) is 0 Å². The fraction of sp³-hybridized carbons (Fsp3) is 0.429. The maximum absolute atomic E-state index is 12.6. The van der Waals surface area contributed by atoms with Crippen molar-refractivity contribution < 1.29 is 26.7 Å². The van der Waals surface area contributed by atoms with E-state index in [9.17, 15) is 22.0 Å². The molecular weight excluding hydrogens is 223 g/mol. The van der Waals surface area contributed by atoms with Gasteiger partial charge in [-0.05, 0) is 6.07 Å². The molecule has 0 saturated carbocycles. The lowest BCUT2D eigenvalue weighted by molar-refractivity contribution is -0.247. The van der Waals surface area contributed by atoms with Gasteiger partial charge < -0.3 is 4.74 Å². The van der Waals surface area contributed by atoms with Crippen LogP contribution in [0, 0.1) is 0 Å². The highest BCUT2D eigenvalue weighted by molar-refractivity contribution is 4.95. The van der Waals surface area contributed by atoms with Gasteiger partial charge in [0.05, 0.1) is 0 Å². The second-order valence-corrected chi connectivity index (χ2v) is 2.43. The van der Waals surface area contributed by atoms with Gasteiger partial charge in [0.25, 0.3) is 12.6 Å². The monoisotopic (exact) mass is 228 g/mol. The average Bonchev–Trinajstić information content (AvgIpc) is 2.17. The summed E-state index contributed by atoms with van der Waals surface area (Å²) < 4.78 is 64.4. The third kappa shape index (κ3) is 3.00. The fourth-order valence-electron chi connectivity index (χ4n) is 0.663. The first-order valence-corrected chi connectivity index (χ1v) is 3.69. The van der Waals surface area contributed by atoms with Crippen molar-refractivity contribution in [2.45, 2.75) is 18.7 Å². The highest BCUT2D eigenvalue weighted by atomic mass is 19.3. The lowest BCUT2D eigenvalue weighted by Gasteiger charge is -2.19. The summed E-state index contributed by atoms with van der Waals surface area (Å²) in [6, 6.07) is 0.427. The van der Waals surface area contributed by atoms with Crippen molar-refractivity contribution in [1.29, 1.82) is 0 Å². The number of nitrogens with zero attached hydrogens (tertiary/aromatic N) is 2. The highest BCUT2D eigenvalue weighted by Crippen LogP contribution is 2.27. The van der Waals surface area contributed by atoms with Gasteiger partial charge in [0.1, 0.15) is 0 Å². The topological polar surface area (TPSA) is 35.0 Å². The molecule has 0 fully saturated rings. The molecule has 1 rings (SSSR count). The largest absolute Gasteiger partial charge is 0.437 e. The van der Waals surface area contributed by atoms with Crippen LogP contribution in [-0.2, 0) is 0 Å². The van der Waals surface area contributed by atoms with E-state index in [1.54, 1.807) is 0 Å². The van der Waals surface area contributed by atoms with Crippen LogP contribution < -0.4 is 4.74 Å². The Morgan fingerprint density at radius 1 is 1.13 bits per heavy atom.